The molecule has 5 rings (SSSR count). The number of ether oxygens (including phenoxy) is 4. The molecule has 1 aliphatic heterocycles. The fraction of sp³-hybridized carbons (Fsp3) is 0.280. The van der Waals surface area contributed by atoms with Crippen LogP contribution in [0.1, 0.15) is 41.8 Å². The van der Waals surface area contributed by atoms with E-state index in [-0.39, 0.29) is 12.4 Å². The first-order valence-electron chi connectivity index (χ1n) is 10.8. The van der Waals surface area contributed by atoms with Gasteiger partial charge in [-0.25, -0.2) is 4.79 Å². The number of furan rings is 1. The Hall–Kier alpha value is -3.94. The van der Waals surface area contributed by atoms with Crippen molar-refractivity contribution in [2.75, 3.05) is 11.9 Å². The smallest absolute Gasteiger partial charge is 0.375 e. The topological polar surface area (TPSA) is 96.2 Å². The zero-order valence-corrected chi connectivity index (χ0v) is 17.9. The average Bonchev–Trinajstić information content (AvgIpc) is 3.56. The number of hydrogen-bond donors (Lipinski definition) is 1. The van der Waals surface area contributed by atoms with Crippen molar-refractivity contribution in [3.05, 3.63) is 72.2 Å². The van der Waals surface area contributed by atoms with E-state index in [1.165, 1.54) is 6.26 Å². The highest BCUT2D eigenvalue weighted by Crippen LogP contribution is 2.47. The molecule has 0 unspecified atom stereocenters. The summed E-state index contributed by atoms with van der Waals surface area (Å²) in [6.45, 7) is -0.327. The predicted octanol–water partition coefficient (Wildman–Crippen LogP) is 4.70. The van der Waals surface area contributed by atoms with Crippen LogP contribution < -0.4 is 19.5 Å². The number of benzene rings is 2. The maximum atomic E-state index is 12.4. The molecule has 3 aromatic rings. The highest BCUT2D eigenvalue weighted by Gasteiger charge is 2.44. The van der Waals surface area contributed by atoms with Gasteiger partial charge in [0.15, 0.2) is 18.1 Å². The Balaban J connectivity index is 1.13. The lowest BCUT2D eigenvalue weighted by molar-refractivity contribution is -0.119. The van der Waals surface area contributed by atoms with Crippen molar-refractivity contribution >= 4 is 17.6 Å². The van der Waals surface area contributed by atoms with Crippen LogP contribution in [0.4, 0.5) is 5.69 Å². The molecule has 1 amide bonds. The predicted molar refractivity (Wildman–Crippen MR) is 117 cm³/mol. The third-order valence-electron chi connectivity index (χ3n) is 5.59. The first-order chi connectivity index (χ1) is 16.1. The van der Waals surface area contributed by atoms with E-state index >= 15 is 0 Å². The number of para-hydroxylation sites is 1. The van der Waals surface area contributed by atoms with Gasteiger partial charge in [-0.2, -0.15) is 0 Å². The molecule has 2 aliphatic rings. The summed E-state index contributed by atoms with van der Waals surface area (Å²) >= 11 is 0. The number of anilines is 1. The molecule has 8 nitrogen and oxygen atoms in total. The van der Waals surface area contributed by atoms with E-state index in [2.05, 4.69) is 5.32 Å². The summed E-state index contributed by atoms with van der Waals surface area (Å²) < 4.78 is 28.0. The molecule has 1 fully saturated rings. The first kappa shape index (κ1) is 20.9. The second-order valence-corrected chi connectivity index (χ2v) is 7.98. The van der Waals surface area contributed by atoms with Crippen molar-refractivity contribution in [2.45, 2.75) is 38.1 Å². The van der Waals surface area contributed by atoms with E-state index in [1.54, 1.807) is 24.3 Å². The van der Waals surface area contributed by atoms with Gasteiger partial charge in [0.2, 0.25) is 5.76 Å². The van der Waals surface area contributed by atoms with E-state index in [0.29, 0.717) is 28.5 Å². The second-order valence-electron chi connectivity index (χ2n) is 7.98. The standard InChI is InChI=1S/C25H23NO7/c27-22(26-18-8-9-20-21(14-18)33-25(32-20)11-4-5-12-25)16-31-24(28)23-17(10-13-29-23)15-30-19-6-2-1-3-7-19/h1-3,6-10,13-14H,4-5,11-12,15-16H2,(H,26,27). The van der Waals surface area contributed by atoms with Gasteiger partial charge in [-0.15, -0.1) is 0 Å². The minimum Gasteiger partial charge on any atom is -0.489 e. The summed E-state index contributed by atoms with van der Waals surface area (Å²) in [4.78, 5) is 24.7. The highest BCUT2D eigenvalue weighted by atomic mass is 16.7. The van der Waals surface area contributed by atoms with Crippen molar-refractivity contribution in [2.24, 2.45) is 0 Å². The summed E-state index contributed by atoms with van der Waals surface area (Å²) in [5, 5.41) is 2.71. The number of amides is 1. The van der Waals surface area contributed by atoms with Crippen molar-refractivity contribution < 1.29 is 33.0 Å². The molecule has 33 heavy (non-hydrogen) atoms. The molecular weight excluding hydrogens is 426 g/mol. The number of carbonyl (C=O) groups excluding carboxylic acids is 2. The first-order valence-corrected chi connectivity index (χ1v) is 10.8. The number of esters is 1. The summed E-state index contributed by atoms with van der Waals surface area (Å²) in [5.74, 6) is 0.159. The Morgan fingerprint density at radius 1 is 0.970 bits per heavy atom. The molecule has 0 radical (unpaired) electrons. The molecule has 0 bridgehead atoms. The normalized spacial score (nSPS) is 15.4. The third kappa shape index (κ3) is 4.64. The SMILES string of the molecule is O=C(COC(=O)c1occc1COc1ccccc1)Nc1ccc2c(c1)OC1(CCCC1)O2. The zero-order chi connectivity index (χ0) is 22.7. The maximum absolute atomic E-state index is 12.4. The fourth-order valence-corrected chi connectivity index (χ4v) is 3.99. The Labute approximate surface area is 190 Å². The molecule has 1 spiro atoms. The molecule has 0 atom stereocenters. The molecule has 1 N–H and O–H groups in total. The third-order valence-corrected chi connectivity index (χ3v) is 5.59. The molecule has 8 heteroatoms. The Morgan fingerprint density at radius 2 is 1.76 bits per heavy atom. The Kier molecular flexibility index (Phi) is 5.64. The quantitative estimate of drug-likeness (QED) is 0.523. The number of fused-ring (bicyclic) bond motifs is 1. The molecule has 1 saturated carbocycles. The van der Waals surface area contributed by atoms with Gasteiger partial charge in [-0.05, 0) is 43.2 Å². The van der Waals surface area contributed by atoms with Crippen molar-refractivity contribution in [3.8, 4) is 17.2 Å². The van der Waals surface area contributed by atoms with Gasteiger partial charge in [0, 0.05) is 30.2 Å². The van der Waals surface area contributed by atoms with Crippen LogP contribution in [0.15, 0.2) is 65.3 Å². The fourth-order valence-electron chi connectivity index (χ4n) is 3.99. The minimum atomic E-state index is -0.740. The van der Waals surface area contributed by atoms with Crippen molar-refractivity contribution in [3.63, 3.8) is 0 Å². The summed E-state index contributed by atoms with van der Waals surface area (Å²) in [5.41, 5.74) is 1.06. The van der Waals surface area contributed by atoms with E-state index in [0.717, 1.165) is 25.7 Å². The monoisotopic (exact) mass is 449 g/mol. The minimum absolute atomic E-state index is 0.00340. The van der Waals surface area contributed by atoms with E-state index in [9.17, 15) is 9.59 Å². The van der Waals surface area contributed by atoms with E-state index < -0.39 is 24.3 Å². The number of rotatable bonds is 7. The number of nitrogens with one attached hydrogen (secondary N) is 1. The molecule has 0 saturated heterocycles. The molecule has 170 valence electrons. The lowest BCUT2D eigenvalue weighted by atomic mass is 10.2. The molecular formula is C25H23NO7. The molecule has 2 aromatic carbocycles. The Bertz CT molecular complexity index is 1150. The lowest BCUT2D eigenvalue weighted by Gasteiger charge is -2.21. The summed E-state index contributed by atoms with van der Waals surface area (Å²) in [6, 6.07) is 16.0. The van der Waals surface area contributed by atoms with Gasteiger partial charge in [0.1, 0.15) is 12.4 Å². The van der Waals surface area contributed by atoms with Crippen molar-refractivity contribution in [1.82, 2.24) is 0 Å². The number of carbonyl (C=O) groups is 2. The van der Waals surface area contributed by atoms with Crippen LogP contribution in [0.2, 0.25) is 0 Å². The van der Waals surface area contributed by atoms with Crippen LogP contribution in [0.5, 0.6) is 17.2 Å². The van der Waals surface area contributed by atoms with E-state index in [4.69, 9.17) is 23.4 Å². The van der Waals surface area contributed by atoms with Crippen LogP contribution in [0, 0.1) is 0 Å². The number of hydrogen-bond acceptors (Lipinski definition) is 7. The van der Waals surface area contributed by atoms with Crippen molar-refractivity contribution in [1.29, 1.82) is 0 Å². The van der Waals surface area contributed by atoms with Gasteiger partial charge >= 0.3 is 5.97 Å². The van der Waals surface area contributed by atoms with Crippen LogP contribution >= 0.6 is 0 Å². The molecule has 2 heterocycles. The van der Waals surface area contributed by atoms with Gasteiger partial charge in [0.05, 0.1) is 6.26 Å². The Morgan fingerprint density at radius 3 is 2.58 bits per heavy atom. The lowest BCUT2D eigenvalue weighted by Crippen LogP contribution is -2.34. The van der Waals surface area contributed by atoms with Gasteiger partial charge in [-0.3, -0.25) is 4.79 Å². The van der Waals surface area contributed by atoms with Gasteiger partial charge in [0.25, 0.3) is 11.7 Å². The zero-order valence-electron chi connectivity index (χ0n) is 17.9. The largest absolute Gasteiger partial charge is 0.489 e. The van der Waals surface area contributed by atoms with Crippen LogP contribution in [0.25, 0.3) is 0 Å². The summed E-state index contributed by atoms with van der Waals surface area (Å²) in [7, 11) is 0. The maximum Gasteiger partial charge on any atom is 0.375 e. The second kappa shape index (κ2) is 8.90. The van der Waals surface area contributed by atoms with E-state index in [1.807, 2.05) is 30.3 Å². The molecule has 1 aliphatic carbocycles. The van der Waals surface area contributed by atoms with Crippen LogP contribution in [0.3, 0.4) is 0 Å². The molecule has 1 aromatic heterocycles. The highest BCUT2D eigenvalue weighted by molar-refractivity contribution is 5.95. The van der Waals surface area contributed by atoms with Gasteiger partial charge < -0.3 is 28.7 Å². The van der Waals surface area contributed by atoms with Crippen LogP contribution in [-0.2, 0) is 16.1 Å². The van der Waals surface area contributed by atoms with Crippen LogP contribution in [-0.4, -0.2) is 24.3 Å². The summed E-state index contributed by atoms with van der Waals surface area (Å²) in [6.07, 6.45) is 5.22. The van der Waals surface area contributed by atoms with Gasteiger partial charge in [-0.1, -0.05) is 18.2 Å². The average molecular weight is 449 g/mol.